The lowest BCUT2D eigenvalue weighted by Crippen LogP contribution is -2.60. The molecule has 1 unspecified atom stereocenters. The number of sulfonamides is 2. The molecule has 0 bridgehead atoms. The number of nitrogens with zero attached hydrogens (tertiary/aromatic N) is 2. The molecule has 1 aliphatic heterocycles. The molecule has 4 rings (SSSR count). The lowest BCUT2D eigenvalue weighted by Gasteiger charge is -2.39. The molecule has 1 fully saturated rings. The van der Waals surface area contributed by atoms with Crippen LogP contribution in [0.1, 0.15) is 5.56 Å². The summed E-state index contributed by atoms with van der Waals surface area (Å²) >= 11 is 6.07. The summed E-state index contributed by atoms with van der Waals surface area (Å²) in [7, 11) is -8.01. The number of rotatable bonds is 6. The molecule has 11 heteroatoms. The van der Waals surface area contributed by atoms with Crippen LogP contribution in [0.3, 0.4) is 0 Å². The molecule has 0 aliphatic carbocycles. The highest BCUT2D eigenvalue weighted by Crippen LogP contribution is 2.27. The summed E-state index contributed by atoms with van der Waals surface area (Å²) in [6.45, 7) is 1.16. The predicted molar refractivity (Wildman–Crippen MR) is 134 cm³/mol. The first-order valence-corrected chi connectivity index (χ1v) is 14.1. The first-order chi connectivity index (χ1) is 16.6. The molecule has 3 aromatic rings. The van der Waals surface area contributed by atoms with Crippen molar-refractivity contribution in [2.75, 3.05) is 25.0 Å². The highest BCUT2D eigenvalue weighted by molar-refractivity contribution is 7.89. The molecule has 8 nitrogen and oxygen atoms in total. The third kappa shape index (κ3) is 5.26. The first kappa shape index (κ1) is 25.3. The number of carbonyl (C=O) groups is 1. The number of hydrogen-bond acceptors (Lipinski definition) is 5. The zero-order valence-electron chi connectivity index (χ0n) is 18.8. The minimum atomic E-state index is -4.08. The molecule has 184 valence electrons. The monoisotopic (exact) mass is 533 g/mol. The normalized spacial score (nSPS) is 17.7. The molecular weight excluding hydrogens is 510 g/mol. The maximum absolute atomic E-state index is 13.5. The number of anilines is 1. The van der Waals surface area contributed by atoms with Crippen LogP contribution in [0.5, 0.6) is 0 Å². The molecule has 0 saturated carbocycles. The quantitative estimate of drug-likeness (QED) is 0.523. The van der Waals surface area contributed by atoms with E-state index >= 15 is 0 Å². The fraction of sp³-hybridized carbons (Fsp3) is 0.208. The van der Waals surface area contributed by atoms with Crippen LogP contribution in [0.2, 0.25) is 5.02 Å². The lowest BCUT2D eigenvalue weighted by atomic mass is 10.1. The average molecular weight is 534 g/mol. The average Bonchev–Trinajstić information content (AvgIpc) is 2.87. The third-order valence-corrected chi connectivity index (χ3v) is 9.82. The second kappa shape index (κ2) is 10.1. The van der Waals surface area contributed by atoms with Gasteiger partial charge in [0.05, 0.1) is 9.79 Å². The van der Waals surface area contributed by atoms with Crippen molar-refractivity contribution in [1.82, 2.24) is 8.61 Å². The Bertz CT molecular complexity index is 1430. The van der Waals surface area contributed by atoms with Crippen LogP contribution in [0, 0.1) is 6.92 Å². The first-order valence-electron chi connectivity index (χ1n) is 10.8. The molecule has 1 saturated heterocycles. The van der Waals surface area contributed by atoms with E-state index in [0.717, 1.165) is 14.2 Å². The number of carbonyl (C=O) groups excluding carboxylic acids is 1. The molecule has 35 heavy (non-hydrogen) atoms. The van der Waals surface area contributed by atoms with Crippen LogP contribution in [-0.2, 0) is 24.8 Å². The second-order valence-electron chi connectivity index (χ2n) is 8.07. The lowest BCUT2D eigenvalue weighted by molar-refractivity contribution is -0.120. The Morgan fingerprint density at radius 1 is 0.857 bits per heavy atom. The summed E-state index contributed by atoms with van der Waals surface area (Å²) < 4.78 is 55.6. The minimum Gasteiger partial charge on any atom is -0.324 e. The minimum absolute atomic E-state index is 0.0242. The molecule has 1 N–H and O–H groups in total. The van der Waals surface area contributed by atoms with Crippen LogP contribution >= 0.6 is 11.6 Å². The molecule has 1 amide bonds. The summed E-state index contributed by atoms with van der Waals surface area (Å²) in [4.78, 5) is 13.5. The molecular formula is C24H24ClN3O5S2. The largest absolute Gasteiger partial charge is 0.324 e. The Balaban J connectivity index is 1.71. The third-order valence-electron chi connectivity index (χ3n) is 5.78. The SMILES string of the molecule is Cc1ccc(Cl)cc1NC(=O)C1CN(S(=O)(=O)c2ccccc2)CCN1S(=O)(=O)c1ccccc1. The number of halogens is 1. The van der Waals surface area contributed by atoms with Gasteiger partial charge >= 0.3 is 0 Å². The van der Waals surface area contributed by atoms with E-state index < -0.39 is 32.0 Å². The highest BCUT2D eigenvalue weighted by Gasteiger charge is 2.43. The number of piperazine rings is 1. The van der Waals surface area contributed by atoms with Gasteiger partial charge < -0.3 is 5.32 Å². The van der Waals surface area contributed by atoms with E-state index in [-0.39, 0.29) is 29.4 Å². The number of benzene rings is 3. The summed E-state index contributed by atoms with van der Waals surface area (Å²) in [6.07, 6.45) is 0. The van der Waals surface area contributed by atoms with Gasteiger partial charge in [0.2, 0.25) is 26.0 Å². The van der Waals surface area contributed by atoms with Crippen molar-refractivity contribution in [2.45, 2.75) is 22.8 Å². The van der Waals surface area contributed by atoms with E-state index in [9.17, 15) is 21.6 Å². The Kier molecular flexibility index (Phi) is 7.30. The maximum Gasteiger partial charge on any atom is 0.244 e. The van der Waals surface area contributed by atoms with Gasteiger partial charge in [-0.25, -0.2) is 16.8 Å². The van der Waals surface area contributed by atoms with E-state index in [4.69, 9.17) is 11.6 Å². The van der Waals surface area contributed by atoms with Gasteiger partial charge in [-0.3, -0.25) is 4.79 Å². The van der Waals surface area contributed by atoms with Crippen molar-refractivity contribution >= 4 is 43.2 Å². The molecule has 1 atom stereocenters. The van der Waals surface area contributed by atoms with E-state index in [0.29, 0.717) is 10.7 Å². The van der Waals surface area contributed by atoms with E-state index in [2.05, 4.69) is 5.32 Å². The van der Waals surface area contributed by atoms with Crippen molar-refractivity contribution in [2.24, 2.45) is 0 Å². The van der Waals surface area contributed by atoms with Gasteiger partial charge in [0.1, 0.15) is 6.04 Å². The number of nitrogens with one attached hydrogen (secondary N) is 1. The van der Waals surface area contributed by atoms with Crippen molar-refractivity contribution < 1.29 is 21.6 Å². The van der Waals surface area contributed by atoms with Crippen LogP contribution in [-0.4, -0.2) is 57.0 Å². The van der Waals surface area contributed by atoms with Crippen molar-refractivity contribution in [1.29, 1.82) is 0 Å². The molecule has 1 heterocycles. The smallest absolute Gasteiger partial charge is 0.244 e. The van der Waals surface area contributed by atoms with Crippen LogP contribution < -0.4 is 5.32 Å². The zero-order chi connectivity index (χ0) is 25.2. The second-order valence-corrected chi connectivity index (χ2v) is 12.3. The fourth-order valence-corrected chi connectivity index (χ4v) is 7.10. The van der Waals surface area contributed by atoms with Crippen molar-refractivity contribution in [3.05, 3.63) is 89.4 Å². The summed E-state index contributed by atoms with van der Waals surface area (Å²) in [5, 5.41) is 3.13. The summed E-state index contributed by atoms with van der Waals surface area (Å²) in [5.74, 6) is -0.650. The van der Waals surface area contributed by atoms with Gasteiger partial charge in [0.15, 0.2) is 0 Å². The summed E-state index contributed by atoms with van der Waals surface area (Å²) in [6, 6.07) is 19.3. The van der Waals surface area contributed by atoms with Crippen LogP contribution in [0.4, 0.5) is 5.69 Å². The molecule has 0 radical (unpaired) electrons. The van der Waals surface area contributed by atoms with Gasteiger partial charge in [-0.15, -0.1) is 0 Å². The van der Waals surface area contributed by atoms with Gasteiger partial charge in [-0.2, -0.15) is 8.61 Å². The van der Waals surface area contributed by atoms with E-state index in [1.807, 2.05) is 0 Å². The Hall–Kier alpha value is -2.76. The van der Waals surface area contributed by atoms with Gasteiger partial charge in [-0.1, -0.05) is 54.1 Å². The molecule has 0 spiro atoms. The van der Waals surface area contributed by atoms with Gasteiger partial charge in [0.25, 0.3) is 0 Å². The molecule has 0 aromatic heterocycles. The molecule has 3 aromatic carbocycles. The summed E-state index contributed by atoms with van der Waals surface area (Å²) in [5.41, 5.74) is 1.15. The zero-order valence-corrected chi connectivity index (χ0v) is 21.2. The van der Waals surface area contributed by atoms with Gasteiger partial charge in [0, 0.05) is 30.3 Å². The van der Waals surface area contributed by atoms with E-state index in [1.165, 1.54) is 24.3 Å². The van der Waals surface area contributed by atoms with Crippen LogP contribution in [0.25, 0.3) is 0 Å². The van der Waals surface area contributed by atoms with Crippen molar-refractivity contribution in [3.8, 4) is 0 Å². The maximum atomic E-state index is 13.5. The molecule has 1 aliphatic rings. The topological polar surface area (TPSA) is 104 Å². The number of hydrogen-bond donors (Lipinski definition) is 1. The Morgan fingerprint density at radius 3 is 2.03 bits per heavy atom. The van der Waals surface area contributed by atoms with Crippen molar-refractivity contribution in [3.63, 3.8) is 0 Å². The Labute approximate surface area is 210 Å². The highest BCUT2D eigenvalue weighted by atomic mass is 35.5. The number of aryl methyl sites for hydroxylation is 1. The standard InChI is InChI=1S/C24H24ClN3O5S2/c1-18-12-13-19(25)16-22(18)26-24(29)23-17-27(34(30,31)20-8-4-2-5-9-20)14-15-28(23)35(32,33)21-10-6-3-7-11-21/h2-13,16,23H,14-15,17H2,1H3,(H,26,29). The van der Waals surface area contributed by atoms with Gasteiger partial charge in [-0.05, 0) is 48.9 Å². The fourth-order valence-electron chi connectivity index (χ4n) is 3.88. The van der Waals surface area contributed by atoms with E-state index in [1.54, 1.807) is 61.5 Å². The Morgan fingerprint density at radius 2 is 1.43 bits per heavy atom. The predicted octanol–water partition coefficient (Wildman–Crippen LogP) is 3.35. The number of amides is 1. The van der Waals surface area contributed by atoms with Crippen LogP contribution in [0.15, 0.2) is 88.7 Å².